The second-order valence-electron chi connectivity index (χ2n) is 5.28. The van der Waals surface area contributed by atoms with Gasteiger partial charge in [-0.15, -0.1) is 0 Å². The van der Waals surface area contributed by atoms with Gasteiger partial charge in [-0.25, -0.2) is 0 Å². The van der Waals surface area contributed by atoms with Crippen molar-refractivity contribution in [3.05, 3.63) is 84.4 Å². The Kier molecular flexibility index (Phi) is 4.92. The number of rotatable bonds is 6. The van der Waals surface area contributed by atoms with Crippen LogP contribution in [-0.4, -0.2) is 12.9 Å². The highest BCUT2D eigenvalue weighted by atomic mass is 16.5. The monoisotopic (exact) mass is 317 g/mol. The van der Waals surface area contributed by atoms with Crippen molar-refractivity contribution in [2.24, 2.45) is 0 Å². The summed E-state index contributed by atoms with van der Waals surface area (Å²) in [6, 6.07) is 25.9. The van der Waals surface area contributed by atoms with Gasteiger partial charge in [0, 0.05) is 23.1 Å². The van der Waals surface area contributed by atoms with Crippen LogP contribution in [0.4, 0.5) is 17.1 Å². The molecule has 0 saturated heterocycles. The maximum absolute atomic E-state index is 11.2. The zero-order valence-electron chi connectivity index (χ0n) is 13.6. The average Bonchev–Trinajstić information content (AvgIpc) is 2.64. The molecule has 3 nitrogen and oxygen atoms in total. The van der Waals surface area contributed by atoms with Crippen molar-refractivity contribution in [1.29, 1.82) is 0 Å². The molecule has 0 bridgehead atoms. The quantitative estimate of drug-likeness (QED) is 0.573. The molecule has 3 rings (SSSR count). The maximum Gasteiger partial charge on any atom is 0.153 e. The van der Waals surface area contributed by atoms with Crippen LogP contribution in [0.2, 0.25) is 0 Å². The van der Waals surface area contributed by atoms with Crippen LogP contribution in [-0.2, 0) is 0 Å². The van der Waals surface area contributed by atoms with Gasteiger partial charge in [0.25, 0.3) is 0 Å². The number of carbonyl (C=O) groups is 1. The molecule has 0 amide bonds. The topological polar surface area (TPSA) is 29.5 Å². The molecule has 0 aromatic heterocycles. The second kappa shape index (κ2) is 7.47. The predicted molar refractivity (Wildman–Crippen MR) is 97.7 cm³/mol. The Hall–Kier alpha value is -3.07. The number of hydrogen-bond donors (Lipinski definition) is 0. The Morgan fingerprint density at radius 2 is 1.42 bits per heavy atom. The number of hydrogen-bond acceptors (Lipinski definition) is 3. The van der Waals surface area contributed by atoms with Crippen molar-refractivity contribution >= 4 is 23.3 Å². The molecule has 0 atom stereocenters. The van der Waals surface area contributed by atoms with E-state index in [0.717, 1.165) is 23.3 Å². The van der Waals surface area contributed by atoms with E-state index in [-0.39, 0.29) is 0 Å². The first-order valence-electron chi connectivity index (χ1n) is 7.95. The summed E-state index contributed by atoms with van der Waals surface area (Å²) >= 11 is 0. The van der Waals surface area contributed by atoms with Gasteiger partial charge in [-0.2, -0.15) is 0 Å². The predicted octanol–water partition coefficient (Wildman–Crippen LogP) is 5.37. The van der Waals surface area contributed by atoms with Gasteiger partial charge in [0.15, 0.2) is 6.29 Å². The normalized spacial score (nSPS) is 10.2. The van der Waals surface area contributed by atoms with Crippen LogP contribution in [0.3, 0.4) is 0 Å². The lowest BCUT2D eigenvalue weighted by Gasteiger charge is -2.26. The van der Waals surface area contributed by atoms with Crippen LogP contribution >= 0.6 is 0 Å². The lowest BCUT2D eigenvalue weighted by atomic mass is 10.1. The lowest BCUT2D eigenvalue weighted by Crippen LogP contribution is -2.10. The first kappa shape index (κ1) is 15.8. The molecule has 3 aromatic rings. The van der Waals surface area contributed by atoms with E-state index in [0.29, 0.717) is 17.9 Å². The summed E-state index contributed by atoms with van der Waals surface area (Å²) < 4.78 is 5.63. The zero-order chi connectivity index (χ0) is 16.8. The highest BCUT2D eigenvalue weighted by Gasteiger charge is 2.14. The van der Waals surface area contributed by atoms with Crippen LogP contribution in [0.25, 0.3) is 0 Å². The number of ether oxygens (including phenoxy) is 1. The van der Waals surface area contributed by atoms with Crippen molar-refractivity contribution in [3.63, 3.8) is 0 Å². The van der Waals surface area contributed by atoms with Crippen LogP contribution in [0.15, 0.2) is 78.9 Å². The van der Waals surface area contributed by atoms with Gasteiger partial charge in [0.2, 0.25) is 0 Å². The summed E-state index contributed by atoms with van der Waals surface area (Å²) in [6.07, 6.45) is 0.824. The molecule has 0 N–H and O–H groups in total. The van der Waals surface area contributed by atoms with Crippen LogP contribution in [0, 0.1) is 0 Å². The number of anilines is 3. The third kappa shape index (κ3) is 3.30. The summed E-state index contributed by atoms with van der Waals surface area (Å²) in [5, 5.41) is 0. The molecule has 0 saturated carbocycles. The van der Waals surface area contributed by atoms with E-state index in [1.807, 2.05) is 55.5 Å². The summed E-state index contributed by atoms with van der Waals surface area (Å²) in [4.78, 5) is 13.4. The van der Waals surface area contributed by atoms with E-state index in [2.05, 4.69) is 29.2 Å². The van der Waals surface area contributed by atoms with Crippen molar-refractivity contribution < 1.29 is 9.53 Å². The molecule has 3 aromatic carbocycles. The van der Waals surface area contributed by atoms with Crippen molar-refractivity contribution in [2.75, 3.05) is 11.5 Å². The molecular weight excluding hydrogens is 298 g/mol. The molecule has 0 spiro atoms. The van der Waals surface area contributed by atoms with E-state index < -0.39 is 0 Å². The molecule has 0 radical (unpaired) electrons. The number of carbonyl (C=O) groups excluding carboxylic acids is 1. The summed E-state index contributed by atoms with van der Waals surface area (Å²) in [6.45, 7) is 2.42. The van der Waals surface area contributed by atoms with E-state index in [1.165, 1.54) is 0 Å². The number of aldehydes is 1. The fourth-order valence-corrected chi connectivity index (χ4v) is 2.64. The molecule has 0 fully saturated rings. The summed E-state index contributed by atoms with van der Waals surface area (Å²) in [7, 11) is 0. The van der Waals surface area contributed by atoms with Gasteiger partial charge >= 0.3 is 0 Å². The fraction of sp³-hybridized carbons (Fsp3) is 0.0952. The Labute approximate surface area is 142 Å². The van der Waals surface area contributed by atoms with Gasteiger partial charge in [-0.1, -0.05) is 36.4 Å². The smallest absolute Gasteiger partial charge is 0.153 e. The minimum absolute atomic E-state index is 0.515. The van der Waals surface area contributed by atoms with Gasteiger partial charge < -0.3 is 9.64 Å². The minimum Gasteiger partial charge on any atom is -0.493 e. The summed E-state index contributed by atoms with van der Waals surface area (Å²) in [5.41, 5.74) is 3.60. The zero-order valence-corrected chi connectivity index (χ0v) is 13.6. The minimum atomic E-state index is 0.515. The van der Waals surface area contributed by atoms with Gasteiger partial charge in [-0.05, 0) is 43.3 Å². The Morgan fingerprint density at radius 1 is 0.833 bits per heavy atom. The maximum atomic E-state index is 11.2. The van der Waals surface area contributed by atoms with Crippen LogP contribution in [0.1, 0.15) is 17.3 Å². The molecule has 120 valence electrons. The molecule has 24 heavy (non-hydrogen) atoms. The van der Waals surface area contributed by atoms with Crippen molar-refractivity contribution in [1.82, 2.24) is 0 Å². The molecule has 0 aliphatic carbocycles. The number of benzene rings is 3. The Bertz CT molecular complexity index is 761. The first-order valence-corrected chi connectivity index (χ1v) is 7.95. The van der Waals surface area contributed by atoms with E-state index in [9.17, 15) is 4.79 Å². The highest BCUT2D eigenvalue weighted by Crippen LogP contribution is 2.36. The molecule has 0 aliphatic rings. The van der Waals surface area contributed by atoms with Gasteiger partial charge in [0.05, 0.1) is 12.2 Å². The Morgan fingerprint density at radius 3 is 1.92 bits per heavy atom. The largest absolute Gasteiger partial charge is 0.493 e. The van der Waals surface area contributed by atoms with Gasteiger partial charge in [0.1, 0.15) is 5.75 Å². The SMILES string of the molecule is CCOc1cc(N(c2ccccc2)c2ccccc2)ccc1C=O. The average molecular weight is 317 g/mol. The lowest BCUT2D eigenvalue weighted by molar-refractivity contribution is 0.112. The van der Waals surface area contributed by atoms with Crippen molar-refractivity contribution in [3.8, 4) is 5.75 Å². The molecule has 0 unspecified atom stereocenters. The second-order valence-corrected chi connectivity index (χ2v) is 5.28. The summed E-state index contributed by atoms with van der Waals surface area (Å²) in [5.74, 6) is 0.599. The molecule has 0 heterocycles. The number of nitrogens with zero attached hydrogens (tertiary/aromatic N) is 1. The first-order chi connectivity index (χ1) is 11.8. The molecular formula is C21H19NO2. The van der Waals surface area contributed by atoms with Gasteiger partial charge in [-0.3, -0.25) is 4.79 Å². The third-order valence-electron chi connectivity index (χ3n) is 3.71. The molecule has 3 heteroatoms. The Balaban J connectivity index is 2.13. The van der Waals surface area contributed by atoms with E-state index in [4.69, 9.17) is 4.74 Å². The van der Waals surface area contributed by atoms with E-state index >= 15 is 0 Å². The third-order valence-corrected chi connectivity index (χ3v) is 3.71. The standard InChI is InChI=1S/C21H19NO2/c1-2-24-21-15-20(14-13-17(21)16-23)22(18-9-5-3-6-10-18)19-11-7-4-8-12-19/h3-16H,2H2,1H3. The van der Waals surface area contributed by atoms with Crippen molar-refractivity contribution in [2.45, 2.75) is 6.92 Å². The highest BCUT2D eigenvalue weighted by molar-refractivity contribution is 5.84. The fourth-order valence-electron chi connectivity index (χ4n) is 2.64. The number of para-hydroxylation sites is 2. The van der Waals surface area contributed by atoms with Crippen LogP contribution in [0.5, 0.6) is 5.75 Å². The molecule has 0 aliphatic heterocycles. The van der Waals surface area contributed by atoms with Crippen LogP contribution < -0.4 is 9.64 Å². The van der Waals surface area contributed by atoms with E-state index in [1.54, 1.807) is 6.07 Å².